The Kier molecular flexibility index (Phi) is 5.70. The van der Waals surface area contributed by atoms with Gasteiger partial charge in [-0.1, -0.05) is 30.3 Å². The summed E-state index contributed by atoms with van der Waals surface area (Å²) in [6.07, 6.45) is 0. The van der Waals surface area contributed by atoms with Crippen LogP contribution in [0.2, 0.25) is 0 Å². The van der Waals surface area contributed by atoms with Crippen molar-refractivity contribution in [3.63, 3.8) is 0 Å². The predicted molar refractivity (Wildman–Crippen MR) is 66.5 cm³/mol. The van der Waals surface area contributed by atoms with Crippen molar-refractivity contribution >= 4 is 11.3 Å². The van der Waals surface area contributed by atoms with Crippen molar-refractivity contribution in [2.75, 3.05) is 0 Å². The van der Waals surface area contributed by atoms with Gasteiger partial charge in [0.25, 0.3) is 0 Å². The normalized spacial score (nSPS) is 9.20. The Morgan fingerprint density at radius 3 is 1.87 bits per heavy atom. The van der Waals surface area contributed by atoms with Crippen LogP contribution in [0.4, 0.5) is 0 Å². The second-order valence-corrected chi connectivity index (χ2v) is 3.81. The molecule has 0 aliphatic heterocycles. The standard InChI is InChI=1S/C7H9N.C5H7NS/c8-6-7-4-2-1-3-5-7;6-3-5-1-2-7-4-5/h1-5H,6,8H2;1-2,4H,3,6H2. The van der Waals surface area contributed by atoms with E-state index < -0.39 is 0 Å². The van der Waals surface area contributed by atoms with Gasteiger partial charge in [-0.25, -0.2) is 0 Å². The Morgan fingerprint density at radius 2 is 1.53 bits per heavy atom. The van der Waals surface area contributed by atoms with E-state index in [-0.39, 0.29) is 0 Å². The Labute approximate surface area is 94.5 Å². The van der Waals surface area contributed by atoms with Crippen LogP contribution >= 0.6 is 11.3 Å². The predicted octanol–water partition coefficient (Wildman–Crippen LogP) is 2.35. The molecule has 0 aliphatic carbocycles. The van der Waals surface area contributed by atoms with E-state index in [1.54, 1.807) is 11.3 Å². The van der Waals surface area contributed by atoms with Crippen LogP contribution < -0.4 is 11.5 Å². The fourth-order valence-electron chi connectivity index (χ4n) is 1.02. The van der Waals surface area contributed by atoms with Gasteiger partial charge in [0.2, 0.25) is 0 Å². The molecule has 0 atom stereocenters. The highest BCUT2D eigenvalue weighted by Crippen LogP contribution is 2.02. The van der Waals surface area contributed by atoms with Crippen molar-refractivity contribution in [3.8, 4) is 0 Å². The van der Waals surface area contributed by atoms with Gasteiger partial charge in [0, 0.05) is 13.1 Å². The molecule has 0 radical (unpaired) electrons. The fourth-order valence-corrected chi connectivity index (χ4v) is 1.70. The highest BCUT2D eigenvalue weighted by atomic mass is 32.1. The molecule has 3 heteroatoms. The summed E-state index contributed by atoms with van der Waals surface area (Å²) in [6, 6.07) is 12.0. The highest BCUT2D eigenvalue weighted by molar-refractivity contribution is 7.07. The van der Waals surface area contributed by atoms with Gasteiger partial charge in [0.1, 0.15) is 0 Å². The number of hydrogen-bond acceptors (Lipinski definition) is 3. The molecule has 4 N–H and O–H groups in total. The maximum atomic E-state index is 5.35. The van der Waals surface area contributed by atoms with Crippen molar-refractivity contribution < 1.29 is 0 Å². The molecule has 0 bridgehead atoms. The molecule has 0 fully saturated rings. The molecule has 0 unspecified atom stereocenters. The lowest BCUT2D eigenvalue weighted by molar-refractivity contribution is 1.07. The van der Waals surface area contributed by atoms with E-state index in [4.69, 9.17) is 11.5 Å². The molecular formula is C12H16N2S. The van der Waals surface area contributed by atoms with E-state index >= 15 is 0 Å². The summed E-state index contributed by atoms with van der Waals surface area (Å²) >= 11 is 1.68. The minimum atomic E-state index is 0.640. The van der Waals surface area contributed by atoms with Gasteiger partial charge in [-0.05, 0) is 28.0 Å². The molecule has 0 amide bonds. The zero-order valence-electron chi connectivity index (χ0n) is 8.60. The van der Waals surface area contributed by atoms with E-state index in [1.807, 2.05) is 41.8 Å². The lowest BCUT2D eigenvalue weighted by Crippen LogP contribution is -1.94. The van der Waals surface area contributed by atoms with Crippen molar-refractivity contribution in [1.29, 1.82) is 0 Å². The lowest BCUT2D eigenvalue weighted by Gasteiger charge is -1.90. The first-order chi connectivity index (χ1) is 7.36. The van der Waals surface area contributed by atoms with Crippen LogP contribution in [-0.2, 0) is 13.1 Å². The summed E-state index contributed by atoms with van der Waals surface area (Å²) in [7, 11) is 0. The Balaban J connectivity index is 0.000000151. The molecule has 2 nitrogen and oxygen atoms in total. The molecule has 0 aliphatic rings. The molecule has 2 aromatic rings. The van der Waals surface area contributed by atoms with Crippen LogP contribution in [0.5, 0.6) is 0 Å². The summed E-state index contributed by atoms with van der Waals surface area (Å²) in [4.78, 5) is 0. The summed E-state index contributed by atoms with van der Waals surface area (Å²) in [5, 5.41) is 4.09. The fraction of sp³-hybridized carbons (Fsp3) is 0.167. The molecule has 0 spiro atoms. The molecule has 15 heavy (non-hydrogen) atoms. The van der Waals surface area contributed by atoms with Crippen LogP contribution in [0.3, 0.4) is 0 Å². The van der Waals surface area contributed by atoms with Crippen LogP contribution in [0.15, 0.2) is 47.2 Å². The second-order valence-electron chi connectivity index (χ2n) is 3.03. The SMILES string of the molecule is NCc1ccccc1.NCc1ccsc1. The zero-order chi connectivity index (χ0) is 10.9. The van der Waals surface area contributed by atoms with Gasteiger partial charge in [0.05, 0.1) is 0 Å². The zero-order valence-corrected chi connectivity index (χ0v) is 9.41. The van der Waals surface area contributed by atoms with Crippen LogP contribution in [0, 0.1) is 0 Å². The van der Waals surface area contributed by atoms with Crippen molar-refractivity contribution in [2.24, 2.45) is 11.5 Å². The van der Waals surface area contributed by atoms with Gasteiger partial charge in [0.15, 0.2) is 0 Å². The monoisotopic (exact) mass is 220 g/mol. The first-order valence-corrected chi connectivity index (χ1v) is 5.76. The van der Waals surface area contributed by atoms with Gasteiger partial charge in [-0.2, -0.15) is 11.3 Å². The van der Waals surface area contributed by atoms with Gasteiger partial charge in [-0.3, -0.25) is 0 Å². The second kappa shape index (κ2) is 7.17. The Bertz CT molecular complexity index is 343. The summed E-state index contributed by atoms with van der Waals surface area (Å²) < 4.78 is 0. The minimum absolute atomic E-state index is 0.640. The topological polar surface area (TPSA) is 52.0 Å². The number of nitrogens with two attached hydrogens (primary N) is 2. The summed E-state index contributed by atoms with van der Waals surface area (Å²) in [6.45, 7) is 1.31. The van der Waals surface area contributed by atoms with Gasteiger partial charge in [-0.15, -0.1) is 0 Å². The molecule has 1 aromatic heterocycles. The maximum Gasteiger partial charge on any atom is 0.0186 e. The Hall–Kier alpha value is -1.16. The summed E-state index contributed by atoms with van der Waals surface area (Å²) in [5.74, 6) is 0. The van der Waals surface area contributed by atoms with E-state index in [9.17, 15) is 0 Å². The Morgan fingerprint density at radius 1 is 0.867 bits per heavy atom. The van der Waals surface area contributed by atoms with Crippen molar-refractivity contribution in [2.45, 2.75) is 13.1 Å². The highest BCUT2D eigenvalue weighted by Gasteiger charge is 1.82. The maximum absolute atomic E-state index is 5.35. The van der Waals surface area contributed by atoms with Crippen molar-refractivity contribution in [1.82, 2.24) is 0 Å². The smallest absolute Gasteiger partial charge is 0.0186 e. The molecule has 1 heterocycles. The molecular weight excluding hydrogens is 204 g/mol. The van der Waals surface area contributed by atoms with E-state index in [0.717, 1.165) is 0 Å². The van der Waals surface area contributed by atoms with E-state index in [2.05, 4.69) is 5.38 Å². The lowest BCUT2D eigenvalue weighted by atomic mass is 10.2. The van der Waals surface area contributed by atoms with Gasteiger partial charge >= 0.3 is 0 Å². The van der Waals surface area contributed by atoms with Crippen LogP contribution in [0.25, 0.3) is 0 Å². The number of rotatable bonds is 2. The number of hydrogen-bond donors (Lipinski definition) is 2. The van der Waals surface area contributed by atoms with Gasteiger partial charge < -0.3 is 11.5 Å². The third-order valence-electron chi connectivity index (χ3n) is 1.89. The quantitative estimate of drug-likeness (QED) is 0.816. The summed E-state index contributed by atoms with van der Waals surface area (Å²) in [5.41, 5.74) is 13.1. The minimum Gasteiger partial charge on any atom is -0.326 e. The molecule has 80 valence electrons. The largest absolute Gasteiger partial charge is 0.326 e. The average Bonchev–Trinajstić information content (AvgIpc) is 2.84. The molecule has 2 rings (SSSR count). The third kappa shape index (κ3) is 4.74. The number of thiophene rings is 1. The van der Waals surface area contributed by atoms with Crippen LogP contribution in [-0.4, -0.2) is 0 Å². The van der Waals surface area contributed by atoms with Crippen LogP contribution in [0.1, 0.15) is 11.1 Å². The molecule has 0 saturated carbocycles. The average molecular weight is 220 g/mol. The third-order valence-corrected chi connectivity index (χ3v) is 2.63. The first-order valence-electron chi connectivity index (χ1n) is 4.82. The first kappa shape index (κ1) is 11.9. The van der Waals surface area contributed by atoms with Crippen molar-refractivity contribution in [3.05, 3.63) is 58.3 Å². The van der Waals surface area contributed by atoms with E-state index in [1.165, 1.54) is 11.1 Å². The van der Waals surface area contributed by atoms with E-state index in [0.29, 0.717) is 13.1 Å². The molecule has 0 saturated heterocycles. The molecule has 1 aromatic carbocycles. The number of benzene rings is 1.